The molecule has 2 aromatic heterocycles. The fourth-order valence-electron chi connectivity index (χ4n) is 2.23. The quantitative estimate of drug-likeness (QED) is 0.834. The van der Waals surface area contributed by atoms with Crippen LogP contribution in [0.2, 0.25) is 0 Å². The highest BCUT2D eigenvalue weighted by Gasteiger charge is 2.23. The standard InChI is InChI=1S/C14H21N3O2/c1-4-7-17-14(12(18-3)9-16-17)13(15-5-2)11-6-8-19-10-11/h6,8-10,13,15H,4-5,7H2,1-3H3. The Hall–Kier alpha value is -1.75. The Balaban J connectivity index is 2.42. The van der Waals surface area contributed by atoms with Crippen LogP contribution < -0.4 is 10.1 Å². The molecule has 19 heavy (non-hydrogen) atoms. The van der Waals surface area contributed by atoms with Crippen molar-refractivity contribution in [2.24, 2.45) is 0 Å². The molecule has 2 rings (SSSR count). The number of rotatable bonds is 7. The molecule has 104 valence electrons. The number of hydrogen-bond acceptors (Lipinski definition) is 4. The van der Waals surface area contributed by atoms with Crippen molar-refractivity contribution in [2.75, 3.05) is 13.7 Å². The zero-order valence-electron chi connectivity index (χ0n) is 11.7. The maximum atomic E-state index is 5.44. The predicted molar refractivity (Wildman–Crippen MR) is 73.3 cm³/mol. The Bertz CT molecular complexity index is 491. The average Bonchev–Trinajstić information content (AvgIpc) is 3.06. The fraction of sp³-hybridized carbons (Fsp3) is 0.500. The van der Waals surface area contributed by atoms with E-state index in [1.807, 2.05) is 10.7 Å². The second-order valence-electron chi connectivity index (χ2n) is 4.37. The maximum absolute atomic E-state index is 5.44. The summed E-state index contributed by atoms with van der Waals surface area (Å²) in [5.41, 5.74) is 2.13. The summed E-state index contributed by atoms with van der Waals surface area (Å²) in [6.07, 6.45) is 6.25. The van der Waals surface area contributed by atoms with Crippen molar-refractivity contribution in [3.63, 3.8) is 0 Å². The molecule has 0 spiro atoms. The van der Waals surface area contributed by atoms with Crippen molar-refractivity contribution >= 4 is 0 Å². The summed E-state index contributed by atoms with van der Waals surface area (Å²) in [6, 6.07) is 2.00. The van der Waals surface area contributed by atoms with Gasteiger partial charge in [0.1, 0.15) is 5.69 Å². The molecule has 0 radical (unpaired) electrons. The minimum absolute atomic E-state index is 0.0350. The molecule has 0 bridgehead atoms. The van der Waals surface area contributed by atoms with Gasteiger partial charge in [0.05, 0.1) is 31.9 Å². The Labute approximate surface area is 113 Å². The van der Waals surface area contributed by atoms with Gasteiger partial charge in [-0.1, -0.05) is 13.8 Å². The first kappa shape index (κ1) is 13.7. The molecule has 5 heteroatoms. The van der Waals surface area contributed by atoms with Crippen molar-refractivity contribution in [2.45, 2.75) is 32.9 Å². The van der Waals surface area contributed by atoms with Gasteiger partial charge < -0.3 is 14.5 Å². The van der Waals surface area contributed by atoms with Gasteiger partial charge in [0.25, 0.3) is 0 Å². The first-order valence-corrected chi connectivity index (χ1v) is 6.66. The van der Waals surface area contributed by atoms with E-state index in [1.54, 1.807) is 25.8 Å². The smallest absolute Gasteiger partial charge is 0.161 e. The van der Waals surface area contributed by atoms with Gasteiger partial charge in [-0.15, -0.1) is 0 Å². The molecule has 1 atom stereocenters. The normalized spacial score (nSPS) is 12.6. The maximum Gasteiger partial charge on any atom is 0.161 e. The molecular weight excluding hydrogens is 242 g/mol. The number of nitrogens with one attached hydrogen (secondary N) is 1. The first-order chi connectivity index (χ1) is 9.31. The molecule has 2 aromatic rings. The van der Waals surface area contributed by atoms with Crippen LogP contribution in [0.4, 0.5) is 0 Å². The highest BCUT2D eigenvalue weighted by atomic mass is 16.5. The van der Waals surface area contributed by atoms with Crippen molar-refractivity contribution in [3.05, 3.63) is 36.0 Å². The monoisotopic (exact) mass is 263 g/mol. The summed E-state index contributed by atoms with van der Waals surface area (Å²) in [4.78, 5) is 0. The number of methoxy groups -OCH3 is 1. The SMILES string of the molecule is CCCn1ncc(OC)c1C(NCC)c1ccoc1. The molecule has 0 fully saturated rings. The Morgan fingerprint density at radius 3 is 2.89 bits per heavy atom. The summed E-state index contributed by atoms with van der Waals surface area (Å²) >= 11 is 0. The van der Waals surface area contributed by atoms with Gasteiger partial charge >= 0.3 is 0 Å². The second-order valence-corrected chi connectivity index (χ2v) is 4.37. The Kier molecular flexibility index (Phi) is 4.63. The summed E-state index contributed by atoms with van der Waals surface area (Å²) in [5.74, 6) is 0.806. The van der Waals surface area contributed by atoms with E-state index in [4.69, 9.17) is 9.15 Å². The van der Waals surface area contributed by atoms with Crippen molar-refractivity contribution in [1.29, 1.82) is 0 Å². The Morgan fingerprint density at radius 1 is 1.47 bits per heavy atom. The fourth-order valence-corrected chi connectivity index (χ4v) is 2.23. The van der Waals surface area contributed by atoms with Crippen LogP contribution in [-0.2, 0) is 6.54 Å². The molecule has 0 aliphatic heterocycles. The molecule has 0 saturated heterocycles. The van der Waals surface area contributed by atoms with Crippen LogP contribution in [0.3, 0.4) is 0 Å². The molecule has 0 amide bonds. The molecular formula is C14H21N3O2. The number of aryl methyl sites for hydroxylation is 1. The molecule has 0 aliphatic carbocycles. The van der Waals surface area contributed by atoms with Crippen LogP contribution in [0.25, 0.3) is 0 Å². The number of ether oxygens (including phenoxy) is 1. The minimum Gasteiger partial charge on any atom is -0.493 e. The largest absolute Gasteiger partial charge is 0.493 e. The number of nitrogens with zero attached hydrogens (tertiary/aromatic N) is 2. The van der Waals surface area contributed by atoms with Crippen molar-refractivity contribution in [3.8, 4) is 5.75 Å². The summed E-state index contributed by atoms with van der Waals surface area (Å²) < 4.78 is 12.6. The lowest BCUT2D eigenvalue weighted by molar-refractivity contribution is 0.398. The van der Waals surface area contributed by atoms with E-state index in [0.29, 0.717) is 0 Å². The van der Waals surface area contributed by atoms with E-state index >= 15 is 0 Å². The van der Waals surface area contributed by atoms with Gasteiger partial charge in [0, 0.05) is 12.1 Å². The molecule has 2 heterocycles. The van der Waals surface area contributed by atoms with E-state index in [-0.39, 0.29) is 6.04 Å². The van der Waals surface area contributed by atoms with Crippen molar-refractivity contribution < 1.29 is 9.15 Å². The molecule has 0 aliphatic rings. The molecule has 0 saturated carbocycles. The molecule has 1 N–H and O–H groups in total. The Morgan fingerprint density at radius 2 is 2.32 bits per heavy atom. The lowest BCUT2D eigenvalue weighted by atomic mass is 10.1. The molecule has 5 nitrogen and oxygen atoms in total. The second kappa shape index (κ2) is 6.43. The topological polar surface area (TPSA) is 52.2 Å². The summed E-state index contributed by atoms with van der Waals surface area (Å²) in [5, 5.41) is 7.87. The van der Waals surface area contributed by atoms with Crippen LogP contribution in [0.1, 0.15) is 37.6 Å². The number of aromatic nitrogens is 2. The van der Waals surface area contributed by atoms with E-state index in [9.17, 15) is 0 Å². The van der Waals surface area contributed by atoms with E-state index in [1.165, 1.54) is 0 Å². The molecule has 1 unspecified atom stereocenters. The van der Waals surface area contributed by atoms with Crippen LogP contribution in [0, 0.1) is 0 Å². The highest BCUT2D eigenvalue weighted by Crippen LogP contribution is 2.30. The third kappa shape index (κ3) is 2.81. The van der Waals surface area contributed by atoms with Crippen LogP contribution in [0.15, 0.2) is 29.2 Å². The van der Waals surface area contributed by atoms with E-state index < -0.39 is 0 Å². The van der Waals surface area contributed by atoms with Gasteiger partial charge in [0.15, 0.2) is 5.75 Å². The van der Waals surface area contributed by atoms with Gasteiger partial charge in [0.2, 0.25) is 0 Å². The van der Waals surface area contributed by atoms with Crippen LogP contribution >= 0.6 is 0 Å². The predicted octanol–water partition coefficient (Wildman–Crippen LogP) is 2.59. The third-order valence-corrected chi connectivity index (χ3v) is 3.06. The van der Waals surface area contributed by atoms with Crippen LogP contribution in [-0.4, -0.2) is 23.4 Å². The lowest BCUT2D eigenvalue weighted by Crippen LogP contribution is -2.25. The molecule has 0 aromatic carbocycles. The minimum atomic E-state index is 0.0350. The van der Waals surface area contributed by atoms with E-state index in [2.05, 4.69) is 24.3 Å². The van der Waals surface area contributed by atoms with Gasteiger partial charge in [-0.05, 0) is 19.0 Å². The summed E-state index contributed by atoms with van der Waals surface area (Å²) in [7, 11) is 1.68. The number of hydrogen-bond donors (Lipinski definition) is 1. The van der Waals surface area contributed by atoms with Gasteiger partial charge in [-0.3, -0.25) is 4.68 Å². The first-order valence-electron chi connectivity index (χ1n) is 6.66. The lowest BCUT2D eigenvalue weighted by Gasteiger charge is -2.19. The van der Waals surface area contributed by atoms with Crippen LogP contribution in [0.5, 0.6) is 5.75 Å². The zero-order chi connectivity index (χ0) is 13.7. The zero-order valence-corrected chi connectivity index (χ0v) is 11.7. The van der Waals surface area contributed by atoms with E-state index in [0.717, 1.165) is 36.5 Å². The highest BCUT2D eigenvalue weighted by molar-refractivity contribution is 5.35. The summed E-state index contributed by atoms with van der Waals surface area (Å²) in [6.45, 7) is 5.95. The third-order valence-electron chi connectivity index (χ3n) is 3.06. The van der Waals surface area contributed by atoms with Gasteiger partial charge in [-0.2, -0.15) is 5.10 Å². The number of furan rings is 1. The average molecular weight is 263 g/mol. The van der Waals surface area contributed by atoms with Crippen molar-refractivity contribution in [1.82, 2.24) is 15.1 Å². The van der Waals surface area contributed by atoms with Gasteiger partial charge in [-0.25, -0.2) is 0 Å².